The first-order valence-corrected chi connectivity index (χ1v) is 9.08. The number of aryl methyl sites for hydroxylation is 1. The van der Waals surface area contributed by atoms with Crippen LogP contribution in [0.4, 0.5) is 0 Å². The van der Waals surface area contributed by atoms with E-state index in [0.717, 1.165) is 31.2 Å². The number of ketones is 1. The van der Waals surface area contributed by atoms with Crippen LogP contribution < -0.4 is 10.1 Å². The summed E-state index contributed by atoms with van der Waals surface area (Å²) < 4.78 is 10.4. The van der Waals surface area contributed by atoms with Crippen LogP contribution in [0.1, 0.15) is 61.4 Å². The van der Waals surface area contributed by atoms with Crippen LogP contribution in [0.2, 0.25) is 0 Å². The van der Waals surface area contributed by atoms with Gasteiger partial charge in [-0.1, -0.05) is 24.5 Å². The van der Waals surface area contributed by atoms with Gasteiger partial charge in [-0.05, 0) is 38.8 Å². The van der Waals surface area contributed by atoms with E-state index in [1.807, 2.05) is 13.0 Å². The van der Waals surface area contributed by atoms with E-state index >= 15 is 0 Å². The minimum absolute atomic E-state index is 0.00953. The third-order valence-electron chi connectivity index (χ3n) is 4.59. The number of rotatable bonds is 8. The molecule has 1 unspecified atom stereocenters. The predicted molar refractivity (Wildman–Crippen MR) is 97.2 cm³/mol. The number of carbonyl (C=O) groups is 3. The van der Waals surface area contributed by atoms with Gasteiger partial charge in [0.15, 0.2) is 11.9 Å². The Kier molecular flexibility index (Phi) is 7.18. The molecule has 26 heavy (non-hydrogen) atoms. The number of hydrogen-bond acceptors (Lipinski definition) is 5. The molecular weight excluding hydrogens is 334 g/mol. The number of Topliss-reactive ketones (excluding diaryl/α,β-unsaturated/α-hetero) is 1. The number of amides is 1. The van der Waals surface area contributed by atoms with Gasteiger partial charge >= 0.3 is 5.97 Å². The molecule has 0 bridgehead atoms. The first kappa shape index (κ1) is 19.9. The van der Waals surface area contributed by atoms with Gasteiger partial charge in [-0.25, -0.2) is 0 Å². The quantitative estimate of drug-likeness (QED) is 0.569. The van der Waals surface area contributed by atoms with E-state index in [1.165, 1.54) is 7.11 Å². The van der Waals surface area contributed by atoms with Crippen molar-refractivity contribution in [3.05, 3.63) is 29.3 Å². The first-order valence-electron chi connectivity index (χ1n) is 9.08. The average molecular weight is 361 g/mol. The second-order valence-electron chi connectivity index (χ2n) is 6.75. The molecular formula is C20H27NO5. The van der Waals surface area contributed by atoms with Crippen molar-refractivity contribution >= 4 is 17.7 Å². The van der Waals surface area contributed by atoms with Gasteiger partial charge in [0.05, 0.1) is 19.1 Å². The maximum atomic E-state index is 12.4. The van der Waals surface area contributed by atoms with Crippen molar-refractivity contribution in [2.24, 2.45) is 0 Å². The molecule has 0 aromatic heterocycles. The number of ether oxygens (including phenoxy) is 2. The summed E-state index contributed by atoms with van der Waals surface area (Å²) in [6, 6.07) is 5.51. The largest absolute Gasteiger partial charge is 0.496 e. The number of nitrogens with one attached hydrogen (secondary N) is 1. The summed E-state index contributed by atoms with van der Waals surface area (Å²) in [5, 5.41) is 2.90. The summed E-state index contributed by atoms with van der Waals surface area (Å²) in [4.78, 5) is 36.4. The van der Waals surface area contributed by atoms with Crippen LogP contribution in [0.5, 0.6) is 5.75 Å². The Labute approximate surface area is 154 Å². The second-order valence-corrected chi connectivity index (χ2v) is 6.75. The SMILES string of the molecule is COc1ccc(C)cc1C(=O)CCC(=O)OC(C)C(=O)NC1CCCC1. The van der Waals surface area contributed by atoms with Gasteiger partial charge in [0.1, 0.15) is 5.75 Å². The van der Waals surface area contributed by atoms with E-state index in [9.17, 15) is 14.4 Å². The van der Waals surface area contributed by atoms with E-state index in [1.54, 1.807) is 19.1 Å². The molecule has 1 fully saturated rings. The molecule has 0 saturated heterocycles. The van der Waals surface area contributed by atoms with Crippen molar-refractivity contribution in [1.82, 2.24) is 5.32 Å². The van der Waals surface area contributed by atoms with Crippen molar-refractivity contribution in [3.8, 4) is 5.75 Å². The molecule has 1 aliphatic carbocycles. The number of benzene rings is 1. The van der Waals surface area contributed by atoms with Crippen LogP contribution in [-0.4, -0.2) is 36.9 Å². The molecule has 0 aliphatic heterocycles. The Bertz CT molecular complexity index is 664. The summed E-state index contributed by atoms with van der Waals surface area (Å²) in [6.07, 6.45) is 3.25. The summed E-state index contributed by atoms with van der Waals surface area (Å²) in [5.74, 6) is -0.542. The van der Waals surface area contributed by atoms with Crippen LogP contribution in [0.15, 0.2) is 18.2 Å². The minimum Gasteiger partial charge on any atom is -0.496 e. The third kappa shape index (κ3) is 5.58. The van der Waals surface area contributed by atoms with E-state index < -0.39 is 12.1 Å². The second kappa shape index (κ2) is 9.36. The molecule has 0 spiro atoms. The van der Waals surface area contributed by atoms with E-state index in [-0.39, 0.29) is 30.6 Å². The van der Waals surface area contributed by atoms with Crippen molar-refractivity contribution in [3.63, 3.8) is 0 Å². The van der Waals surface area contributed by atoms with Gasteiger partial charge in [0.2, 0.25) is 0 Å². The average Bonchev–Trinajstić information content (AvgIpc) is 3.12. The summed E-state index contributed by atoms with van der Waals surface area (Å²) >= 11 is 0. The number of hydrogen-bond donors (Lipinski definition) is 1. The van der Waals surface area contributed by atoms with Gasteiger partial charge in [-0.15, -0.1) is 0 Å². The number of esters is 1. The smallest absolute Gasteiger partial charge is 0.307 e. The molecule has 6 nitrogen and oxygen atoms in total. The Morgan fingerprint density at radius 1 is 1.19 bits per heavy atom. The highest BCUT2D eigenvalue weighted by Gasteiger charge is 2.23. The molecule has 2 rings (SSSR count). The lowest BCUT2D eigenvalue weighted by Gasteiger charge is -2.17. The minimum atomic E-state index is -0.855. The number of methoxy groups -OCH3 is 1. The molecule has 1 amide bonds. The van der Waals surface area contributed by atoms with Crippen molar-refractivity contribution in [2.75, 3.05) is 7.11 Å². The molecule has 1 aliphatic rings. The normalized spacial score (nSPS) is 15.3. The van der Waals surface area contributed by atoms with Crippen molar-refractivity contribution in [2.45, 2.75) is 64.5 Å². The molecule has 142 valence electrons. The lowest BCUT2D eigenvalue weighted by molar-refractivity contribution is -0.155. The molecule has 0 radical (unpaired) electrons. The highest BCUT2D eigenvalue weighted by Crippen LogP contribution is 2.22. The Morgan fingerprint density at radius 2 is 1.88 bits per heavy atom. The molecule has 0 heterocycles. The summed E-state index contributed by atoms with van der Waals surface area (Å²) in [5.41, 5.74) is 1.39. The van der Waals surface area contributed by atoms with Crippen LogP contribution in [0.3, 0.4) is 0 Å². The van der Waals surface area contributed by atoms with Crippen molar-refractivity contribution in [1.29, 1.82) is 0 Å². The number of carbonyl (C=O) groups excluding carboxylic acids is 3. The molecule has 1 aromatic carbocycles. The van der Waals surface area contributed by atoms with Gasteiger partial charge in [0.25, 0.3) is 5.91 Å². The molecule has 1 atom stereocenters. The molecule has 6 heteroatoms. The molecule has 1 aromatic rings. The van der Waals surface area contributed by atoms with E-state index in [0.29, 0.717) is 11.3 Å². The lowest BCUT2D eigenvalue weighted by Crippen LogP contribution is -2.40. The highest BCUT2D eigenvalue weighted by atomic mass is 16.5. The van der Waals surface area contributed by atoms with Crippen LogP contribution in [0, 0.1) is 6.92 Å². The highest BCUT2D eigenvalue weighted by molar-refractivity contribution is 6.00. The zero-order chi connectivity index (χ0) is 19.1. The lowest BCUT2D eigenvalue weighted by atomic mass is 10.0. The van der Waals surface area contributed by atoms with Crippen LogP contribution >= 0.6 is 0 Å². The fourth-order valence-corrected chi connectivity index (χ4v) is 3.09. The monoisotopic (exact) mass is 361 g/mol. The maximum absolute atomic E-state index is 12.4. The topological polar surface area (TPSA) is 81.7 Å². The standard InChI is InChI=1S/C20H27NO5/c1-13-8-10-18(25-3)16(12-13)17(22)9-11-19(23)26-14(2)20(24)21-15-6-4-5-7-15/h8,10,12,14-15H,4-7,9,11H2,1-3H3,(H,21,24). The Hall–Kier alpha value is -2.37. The molecule has 1 saturated carbocycles. The van der Waals surface area contributed by atoms with E-state index in [2.05, 4.69) is 5.32 Å². The Balaban J connectivity index is 1.81. The molecule has 1 N–H and O–H groups in total. The van der Waals surface area contributed by atoms with Crippen LogP contribution in [0.25, 0.3) is 0 Å². The van der Waals surface area contributed by atoms with Gasteiger partial charge in [0, 0.05) is 12.5 Å². The van der Waals surface area contributed by atoms with Gasteiger partial charge in [-0.2, -0.15) is 0 Å². The summed E-state index contributed by atoms with van der Waals surface area (Å²) in [6.45, 7) is 3.43. The first-order chi connectivity index (χ1) is 12.4. The third-order valence-corrected chi connectivity index (χ3v) is 4.59. The fourth-order valence-electron chi connectivity index (χ4n) is 3.09. The zero-order valence-corrected chi connectivity index (χ0v) is 15.7. The fraction of sp³-hybridized carbons (Fsp3) is 0.550. The van der Waals surface area contributed by atoms with Crippen LogP contribution in [-0.2, 0) is 14.3 Å². The van der Waals surface area contributed by atoms with Gasteiger partial charge in [-0.3, -0.25) is 14.4 Å². The maximum Gasteiger partial charge on any atom is 0.307 e. The van der Waals surface area contributed by atoms with Gasteiger partial charge < -0.3 is 14.8 Å². The zero-order valence-electron chi connectivity index (χ0n) is 15.7. The Morgan fingerprint density at radius 3 is 2.54 bits per heavy atom. The van der Waals surface area contributed by atoms with E-state index in [4.69, 9.17) is 9.47 Å². The predicted octanol–water partition coefficient (Wildman–Crippen LogP) is 2.96. The van der Waals surface area contributed by atoms with Crippen molar-refractivity contribution < 1.29 is 23.9 Å². The summed E-state index contributed by atoms with van der Waals surface area (Å²) in [7, 11) is 1.50.